The van der Waals surface area contributed by atoms with Gasteiger partial charge in [-0.25, -0.2) is 13.4 Å². The predicted molar refractivity (Wildman–Crippen MR) is 81.8 cm³/mol. The molecule has 0 aliphatic heterocycles. The molecule has 2 aromatic rings. The number of sulfonamides is 1. The molecule has 0 aliphatic carbocycles. The Hall–Kier alpha value is -1.22. The zero-order valence-electron chi connectivity index (χ0n) is 12.4. The first kappa shape index (κ1) is 16.2. The van der Waals surface area contributed by atoms with Crippen LogP contribution < -0.4 is 10.0 Å². The van der Waals surface area contributed by atoms with Gasteiger partial charge in [0, 0.05) is 11.4 Å². The van der Waals surface area contributed by atoms with E-state index < -0.39 is 16.1 Å². The molecule has 0 aromatic carbocycles. The molecule has 0 radical (unpaired) electrons. The molecule has 0 saturated carbocycles. The van der Waals surface area contributed by atoms with Crippen LogP contribution in [0, 0.1) is 13.8 Å². The molecule has 0 aliphatic rings. The number of hydrogen-bond donors (Lipinski definition) is 2. The van der Waals surface area contributed by atoms with Gasteiger partial charge in [0.15, 0.2) is 0 Å². The zero-order chi connectivity index (χ0) is 15.6. The van der Waals surface area contributed by atoms with Gasteiger partial charge in [-0.1, -0.05) is 0 Å². The fourth-order valence-corrected chi connectivity index (χ4v) is 5.06. The molecule has 2 rings (SSSR count). The fraction of sp³-hybridized carbons (Fsp3) is 0.462. The molecule has 0 spiro atoms. The standard InChI is InChI=1S/C13H19N3O3S2/c1-8-7-20-11(6-14-4)12(8)21(17,18)16-10(3)13-15-5-9(2)19-13/h5,7,10,14,16H,6H2,1-4H3. The molecule has 0 fully saturated rings. The number of aryl methyl sites for hydroxylation is 2. The quantitative estimate of drug-likeness (QED) is 0.848. The molecule has 8 heteroatoms. The van der Waals surface area contributed by atoms with Crippen molar-refractivity contribution in [1.29, 1.82) is 0 Å². The number of hydrogen-bond acceptors (Lipinski definition) is 6. The number of nitrogens with one attached hydrogen (secondary N) is 2. The molecule has 2 heterocycles. The molecule has 2 N–H and O–H groups in total. The molecule has 116 valence electrons. The van der Waals surface area contributed by atoms with Gasteiger partial charge in [-0.05, 0) is 38.8 Å². The Morgan fingerprint density at radius 2 is 2.14 bits per heavy atom. The van der Waals surface area contributed by atoms with E-state index >= 15 is 0 Å². The van der Waals surface area contributed by atoms with E-state index in [1.807, 2.05) is 5.38 Å². The van der Waals surface area contributed by atoms with Crippen LogP contribution in [0.25, 0.3) is 0 Å². The first-order valence-electron chi connectivity index (χ1n) is 6.51. The zero-order valence-corrected chi connectivity index (χ0v) is 14.1. The van der Waals surface area contributed by atoms with Crippen LogP contribution in [-0.2, 0) is 16.6 Å². The third-order valence-corrected chi connectivity index (χ3v) is 5.94. The molecular weight excluding hydrogens is 310 g/mol. The van der Waals surface area contributed by atoms with Crippen LogP contribution in [0.1, 0.15) is 35.1 Å². The summed E-state index contributed by atoms with van der Waals surface area (Å²) in [7, 11) is -1.83. The number of rotatable bonds is 6. The molecule has 1 atom stereocenters. The van der Waals surface area contributed by atoms with Crippen LogP contribution in [-0.4, -0.2) is 20.4 Å². The first-order valence-corrected chi connectivity index (χ1v) is 8.87. The Bertz CT molecular complexity index is 719. The highest BCUT2D eigenvalue weighted by Crippen LogP contribution is 2.28. The molecule has 0 amide bonds. The van der Waals surface area contributed by atoms with Gasteiger partial charge in [0.05, 0.1) is 12.2 Å². The third kappa shape index (κ3) is 3.52. The van der Waals surface area contributed by atoms with Crippen molar-refractivity contribution in [2.75, 3.05) is 7.05 Å². The Kier molecular flexibility index (Phi) is 4.82. The molecule has 1 unspecified atom stereocenters. The van der Waals surface area contributed by atoms with Crippen molar-refractivity contribution in [2.45, 2.75) is 38.3 Å². The second kappa shape index (κ2) is 6.27. The molecule has 0 saturated heterocycles. The minimum absolute atomic E-state index is 0.344. The Morgan fingerprint density at radius 1 is 1.43 bits per heavy atom. The number of aromatic nitrogens is 1. The lowest BCUT2D eigenvalue weighted by molar-refractivity contribution is 0.427. The second-order valence-electron chi connectivity index (χ2n) is 4.85. The van der Waals surface area contributed by atoms with Gasteiger partial charge < -0.3 is 9.73 Å². The average molecular weight is 329 g/mol. The number of nitrogens with zero attached hydrogens (tertiary/aromatic N) is 1. The van der Waals surface area contributed by atoms with Gasteiger partial charge in [-0.2, -0.15) is 4.72 Å². The normalized spacial score (nSPS) is 13.5. The van der Waals surface area contributed by atoms with Crippen LogP contribution in [0.3, 0.4) is 0 Å². The summed E-state index contributed by atoms with van der Waals surface area (Å²) in [6.45, 7) is 5.79. The summed E-state index contributed by atoms with van der Waals surface area (Å²) in [5, 5.41) is 4.83. The second-order valence-corrected chi connectivity index (χ2v) is 7.47. The minimum atomic E-state index is -3.62. The molecule has 0 bridgehead atoms. The topological polar surface area (TPSA) is 84.2 Å². The highest BCUT2D eigenvalue weighted by molar-refractivity contribution is 7.89. The summed E-state index contributed by atoms with van der Waals surface area (Å²) < 4.78 is 33.2. The fourth-order valence-electron chi connectivity index (χ4n) is 2.05. The average Bonchev–Trinajstić information content (AvgIpc) is 2.96. The Balaban J connectivity index is 2.28. The van der Waals surface area contributed by atoms with Crippen molar-refractivity contribution >= 4 is 21.4 Å². The van der Waals surface area contributed by atoms with Crippen molar-refractivity contribution in [3.8, 4) is 0 Å². The number of thiophene rings is 1. The molecular formula is C13H19N3O3S2. The van der Waals surface area contributed by atoms with Gasteiger partial charge in [0.1, 0.15) is 10.7 Å². The maximum Gasteiger partial charge on any atom is 0.242 e. The monoisotopic (exact) mass is 329 g/mol. The highest BCUT2D eigenvalue weighted by atomic mass is 32.2. The Morgan fingerprint density at radius 3 is 2.71 bits per heavy atom. The predicted octanol–water partition coefficient (Wildman–Crippen LogP) is 2.11. The summed E-state index contributed by atoms with van der Waals surface area (Å²) in [6, 6.07) is -0.523. The lowest BCUT2D eigenvalue weighted by Gasteiger charge is -2.12. The molecule has 21 heavy (non-hydrogen) atoms. The van der Waals surface area contributed by atoms with Crippen molar-refractivity contribution < 1.29 is 12.8 Å². The van der Waals surface area contributed by atoms with Gasteiger partial charge in [-0.3, -0.25) is 0 Å². The van der Waals surface area contributed by atoms with Crippen LogP contribution in [0.15, 0.2) is 20.9 Å². The van der Waals surface area contributed by atoms with Gasteiger partial charge in [-0.15, -0.1) is 11.3 Å². The largest absolute Gasteiger partial charge is 0.444 e. The van der Waals surface area contributed by atoms with Crippen molar-refractivity contribution in [3.63, 3.8) is 0 Å². The third-order valence-electron chi connectivity index (χ3n) is 2.94. The van der Waals surface area contributed by atoms with E-state index in [2.05, 4.69) is 15.0 Å². The van der Waals surface area contributed by atoms with E-state index in [9.17, 15) is 8.42 Å². The van der Waals surface area contributed by atoms with Crippen LogP contribution in [0.2, 0.25) is 0 Å². The highest BCUT2D eigenvalue weighted by Gasteiger charge is 2.26. The van der Waals surface area contributed by atoms with Crippen LogP contribution in [0.4, 0.5) is 0 Å². The lowest BCUT2D eigenvalue weighted by atomic mass is 10.3. The van der Waals surface area contributed by atoms with E-state index in [4.69, 9.17) is 4.42 Å². The molecule has 2 aromatic heterocycles. The van der Waals surface area contributed by atoms with Gasteiger partial charge in [0.25, 0.3) is 0 Å². The van der Waals surface area contributed by atoms with Gasteiger partial charge >= 0.3 is 0 Å². The van der Waals surface area contributed by atoms with Crippen molar-refractivity contribution in [3.05, 3.63) is 33.7 Å². The van der Waals surface area contributed by atoms with Crippen molar-refractivity contribution in [1.82, 2.24) is 15.0 Å². The van der Waals surface area contributed by atoms with Crippen LogP contribution in [0.5, 0.6) is 0 Å². The van der Waals surface area contributed by atoms with E-state index in [0.717, 1.165) is 10.4 Å². The summed E-state index contributed by atoms with van der Waals surface area (Å²) in [4.78, 5) is 5.19. The van der Waals surface area contributed by atoms with E-state index in [-0.39, 0.29) is 0 Å². The minimum Gasteiger partial charge on any atom is -0.444 e. The summed E-state index contributed by atoms with van der Waals surface area (Å²) in [5.74, 6) is 1.01. The van der Waals surface area contributed by atoms with Crippen molar-refractivity contribution in [2.24, 2.45) is 0 Å². The SMILES string of the molecule is CNCc1scc(C)c1S(=O)(=O)NC(C)c1ncc(C)o1. The maximum atomic E-state index is 12.6. The maximum absolute atomic E-state index is 12.6. The summed E-state index contributed by atoms with van der Waals surface area (Å²) in [5.41, 5.74) is 0.744. The van der Waals surface area contributed by atoms with E-state index in [1.165, 1.54) is 11.3 Å². The smallest absolute Gasteiger partial charge is 0.242 e. The Labute approximate surface area is 128 Å². The van der Waals surface area contributed by atoms with E-state index in [0.29, 0.717) is 23.1 Å². The molecule has 6 nitrogen and oxygen atoms in total. The lowest BCUT2D eigenvalue weighted by Crippen LogP contribution is -2.28. The summed E-state index contributed by atoms with van der Waals surface area (Å²) in [6.07, 6.45) is 1.57. The van der Waals surface area contributed by atoms with E-state index in [1.54, 1.807) is 34.0 Å². The van der Waals surface area contributed by atoms with Crippen LogP contribution >= 0.6 is 11.3 Å². The summed E-state index contributed by atoms with van der Waals surface area (Å²) >= 11 is 1.43. The first-order chi connectivity index (χ1) is 9.85. The number of oxazole rings is 1. The van der Waals surface area contributed by atoms with Gasteiger partial charge in [0.2, 0.25) is 15.9 Å².